The first-order valence-corrected chi connectivity index (χ1v) is 7.13. The number of halogens is 1. The lowest BCUT2D eigenvalue weighted by Crippen LogP contribution is -2.41. The Morgan fingerprint density at radius 3 is 2.55 bits per heavy atom. The number of rotatable bonds is 3. The SMILES string of the molecule is Cc1nn(C)c(C)c1CN=C(N)NC1CCCCC1.I. The minimum Gasteiger partial charge on any atom is -0.370 e. The Kier molecular flexibility index (Phi) is 6.78. The quantitative estimate of drug-likeness (QED) is 0.472. The molecule has 1 aromatic rings. The van der Waals surface area contributed by atoms with E-state index in [1.54, 1.807) is 0 Å². The van der Waals surface area contributed by atoms with E-state index in [2.05, 4.69) is 22.3 Å². The predicted octanol–water partition coefficient (Wildman–Crippen LogP) is 2.39. The maximum Gasteiger partial charge on any atom is 0.189 e. The molecule has 1 saturated carbocycles. The maximum atomic E-state index is 5.97. The summed E-state index contributed by atoms with van der Waals surface area (Å²) in [5.41, 5.74) is 9.34. The van der Waals surface area contributed by atoms with Gasteiger partial charge in [-0.2, -0.15) is 5.10 Å². The van der Waals surface area contributed by atoms with Gasteiger partial charge in [-0.1, -0.05) is 19.3 Å². The van der Waals surface area contributed by atoms with E-state index < -0.39 is 0 Å². The van der Waals surface area contributed by atoms with Crippen LogP contribution in [0.3, 0.4) is 0 Å². The number of aryl methyl sites for hydroxylation is 2. The summed E-state index contributed by atoms with van der Waals surface area (Å²) in [5.74, 6) is 0.564. The number of nitrogens with two attached hydrogens (primary N) is 1. The molecule has 0 aliphatic heterocycles. The molecule has 1 aliphatic carbocycles. The van der Waals surface area contributed by atoms with Crippen LogP contribution in [0.2, 0.25) is 0 Å². The summed E-state index contributed by atoms with van der Waals surface area (Å²) in [6.45, 7) is 4.69. The van der Waals surface area contributed by atoms with Crippen molar-refractivity contribution in [2.75, 3.05) is 0 Å². The second-order valence-corrected chi connectivity index (χ2v) is 5.45. The first-order valence-electron chi connectivity index (χ1n) is 7.13. The highest BCUT2D eigenvalue weighted by molar-refractivity contribution is 14.0. The van der Waals surface area contributed by atoms with Crippen molar-refractivity contribution in [3.63, 3.8) is 0 Å². The summed E-state index contributed by atoms with van der Waals surface area (Å²) in [7, 11) is 1.96. The Morgan fingerprint density at radius 2 is 2.00 bits per heavy atom. The summed E-state index contributed by atoms with van der Waals surface area (Å²) in [6.07, 6.45) is 6.36. The summed E-state index contributed by atoms with van der Waals surface area (Å²) in [5, 5.41) is 7.73. The molecule has 0 saturated heterocycles. The van der Waals surface area contributed by atoms with Gasteiger partial charge in [-0.05, 0) is 26.7 Å². The molecule has 5 nitrogen and oxygen atoms in total. The van der Waals surface area contributed by atoms with Gasteiger partial charge in [-0.25, -0.2) is 4.99 Å². The molecule has 20 heavy (non-hydrogen) atoms. The molecule has 0 bridgehead atoms. The zero-order valence-electron chi connectivity index (χ0n) is 12.6. The molecule has 3 N–H and O–H groups in total. The number of nitrogens with zero attached hydrogens (tertiary/aromatic N) is 3. The van der Waals surface area contributed by atoms with Crippen molar-refractivity contribution in [1.82, 2.24) is 15.1 Å². The molecule has 1 fully saturated rings. The lowest BCUT2D eigenvalue weighted by Gasteiger charge is -2.23. The van der Waals surface area contributed by atoms with E-state index in [0.717, 1.165) is 11.4 Å². The molecule has 0 radical (unpaired) electrons. The van der Waals surface area contributed by atoms with Crippen LogP contribution < -0.4 is 11.1 Å². The Balaban J connectivity index is 0.00000200. The predicted molar refractivity (Wildman–Crippen MR) is 93.4 cm³/mol. The highest BCUT2D eigenvalue weighted by atomic mass is 127. The lowest BCUT2D eigenvalue weighted by molar-refractivity contribution is 0.412. The van der Waals surface area contributed by atoms with Crippen molar-refractivity contribution in [2.24, 2.45) is 17.8 Å². The van der Waals surface area contributed by atoms with E-state index in [1.165, 1.54) is 37.7 Å². The fourth-order valence-corrected chi connectivity index (χ4v) is 2.71. The van der Waals surface area contributed by atoms with Crippen LogP contribution in [0.4, 0.5) is 0 Å². The smallest absolute Gasteiger partial charge is 0.189 e. The zero-order chi connectivity index (χ0) is 13.8. The van der Waals surface area contributed by atoms with E-state index in [9.17, 15) is 0 Å². The van der Waals surface area contributed by atoms with Gasteiger partial charge in [0.05, 0.1) is 12.2 Å². The molecule has 0 aromatic carbocycles. The standard InChI is InChI=1S/C14H25N5.HI/c1-10-13(11(2)19(3)18-10)9-16-14(15)17-12-7-5-4-6-8-12;/h12H,4-9H2,1-3H3,(H3,15,16,17);1H. The van der Waals surface area contributed by atoms with Crippen molar-refractivity contribution in [3.8, 4) is 0 Å². The normalized spacial score (nSPS) is 16.9. The fraction of sp³-hybridized carbons (Fsp3) is 0.714. The molecule has 6 heteroatoms. The molecule has 114 valence electrons. The summed E-state index contributed by atoms with van der Waals surface area (Å²) in [4.78, 5) is 4.45. The monoisotopic (exact) mass is 391 g/mol. The number of hydrogen-bond donors (Lipinski definition) is 2. The number of nitrogens with one attached hydrogen (secondary N) is 1. The molecule has 0 spiro atoms. The first-order chi connectivity index (χ1) is 9.08. The molecule has 0 unspecified atom stereocenters. The fourth-order valence-electron chi connectivity index (χ4n) is 2.71. The topological polar surface area (TPSA) is 68.2 Å². The first kappa shape index (κ1) is 17.3. The summed E-state index contributed by atoms with van der Waals surface area (Å²) in [6, 6.07) is 0.508. The van der Waals surface area contributed by atoms with E-state index in [1.807, 2.05) is 18.7 Å². The third-order valence-electron chi connectivity index (χ3n) is 4.02. The van der Waals surface area contributed by atoms with E-state index in [0.29, 0.717) is 18.5 Å². The Bertz CT molecular complexity index is 460. The number of aliphatic imine (C=N–C) groups is 1. The van der Waals surface area contributed by atoms with Crippen molar-refractivity contribution in [2.45, 2.75) is 58.5 Å². The molecule has 0 amide bonds. The third kappa shape index (κ3) is 4.36. The van der Waals surface area contributed by atoms with Crippen LogP contribution >= 0.6 is 24.0 Å². The van der Waals surface area contributed by atoms with Gasteiger partial charge in [0.15, 0.2) is 5.96 Å². The minimum atomic E-state index is 0. The third-order valence-corrected chi connectivity index (χ3v) is 4.02. The average molecular weight is 391 g/mol. The van der Waals surface area contributed by atoms with Crippen molar-refractivity contribution < 1.29 is 0 Å². The van der Waals surface area contributed by atoms with Crippen LogP contribution in [-0.4, -0.2) is 21.8 Å². The Morgan fingerprint density at radius 1 is 1.35 bits per heavy atom. The van der Waals surface area contributed by atoms with Crippen LogP contribution in [0.1, 0.15) is 49.1 Å². The maximum absolute atomic E-state index is 5.97. The molecular weight excluding hydrogens is 365 g/mol. The van der Waals surface area contributed by atoms with Gasteiger partial charge in [0.25, 0.3) is 0 Å². The molecule has 0 atom stereocenters. The van der Waals surface area contributed by atoms with E-state index in [4.69, 9.17) is 5.73 Å². The van der Waals surface area contributed by atoms with Gasteiger partial charge < -0.3 is 11.1 Å². The Hall–Kier alpha value is -0.790. The lowest BCUT2D eigenvalue weighted by atomic mass is 9.96. The number of guanidine groups is 1. The highest BCUT2D eigenvalue weighted by Gasteiger charge is 2.13. The minimum absolute atomic E-state index is 0. The van der Waals surface area contributed by atoms with Crippen LogP contribution in [0.5, 0.6) is 0 Å². The number of aromatic nitrogens is 2. The van der Waals surface area contributed by atoms with Crippen molar-refractivity contribution >= 4 is 29.9 Å². The van der Waals surface area contributed by atoms with Gasteiger partial charge in [-0.3, -0.25) is 4.68 Å². The second-order valence-electron chi connectivity index (χ2n) is 5.45. The zero-order valence-corrected chi connectivity index (χ0v) is 15.0. The van der Waals surface area contributed by atoms with E-state index >= 15 is 0 Å². The number of hydrogen-bond acceptors (Lipinski definition) is 2. The highest BCUT2D eigenvalue weighted by Crippen LogP contribution is 2.17. The van der Waals surface area contributed by atoms with E-state index in [-0.39, 0.29) is 24.0 Å². The summed E-state index contributed by atoms with van der Waals surface area (Å²) >= 11 is 0. The Labute approximate surface area is 138 Å². The van der Waals surface area contributed by atoms with Crippen molar-refractivity contribution in [1.29, 1.82) is 0 Å². The van der Waals surface area contributed by atoms with Crippen molar-refractivity contribution in [3.05, 3.63) is 17.0 Å². The van der Waals surface area contributed by atoms with Gasteiger partial charge >= 0.3 is 0 Å². The molecule has 1 heterocycles. The van der Waals surface area contributed by atoms with Gasteiger partial charge in [-0.15, -0.1) is 24.0 Å². The molecule has 2 rings (SSSR count). The molecular formula is C14H26IN5. The van der Waals surface area contributed by atoms with Crippen LogP contribution in [0.15, 0.2) is 4.99 Å². The van der Waals surface area contributed by atoms with Crippen LogP contribution in [0, 0.1) is 13.8 Å². The largest absolute Gasteiger partial charge is 0.370 e. The molecule has 1 aliphatic rings. The summed E-state index contributed by atoms with van der Waals surface area (Å²) < 4.78 is 1.89. The van der Waals surface area contributed by atoms with Crippen LogP contribution in [-0.2, 0) is 13.6 Å². The van der Waals surface area contributed by atoms with Gasteiger partial charge in [0.1, 0.15) is 0 Å². The van der Waals surface area contributed by atoms with Gasteiger partial charge in [0.2, 0.25) is 0 Å². The van der Waals surface area contributed by atoms with Crippen LogP contribution in [0.25, 0.3) is 0 Å². The second kappa shape index (κ2) is 7.85. The molecule has 1 aromatic heterocycles. The average Bonchev–Trinajstić information content (AvgIpc) is 2.62. The van der Waals surface area contributed by atoms with Gasteiger partial charge in [0, 0.05) is 24.3 Å².